The Morgan fingerprint density at radius 3 is 2.90 bits per heavy atom. The number of hydrogen-bond donors (Lipinski definition) is 2. The number of nitrogens with zero attached hydrogens (tertiary/aromatic N) is 3. The summed E-state index contributed by atoms with van der Waals surface area (Å²) in [5.41, 5.74) is 1.06. The molecule has 0 bridgehead atoms. The van der Waals surface area contributed by atoms with Gasteiger partial charge in [0.15, 0.2) is 5.82 Å². The van der Waals surface area contributed by atoms with Crippen LogP contribution in [0.5, 0.6) is 0 Å². The van der Waals surface area contributed by atoms with Crippen LogP contribution in [0.1, 0.15) is 12.8 Å². The van der Waals surface area contributed by atoms with Crippen molar-refractivity contribution in [3.63, 3.8) is 0 Å². The van der Waals surface area contributed by atoms with E-state index in [4.69, 9.17) is 4.98 Å². The average Bonchev–Trinajstić information content (AvgIpc) is 3.16. The summed E-state index contributed by atoms with van der Waals surface area (Å²) in [6.45, 7) is 3.23. The first-order valence-corrected chi connectivity index (χ1v) is 8.26. The molecule has 4 rings (SSSR count). The third-order valence-electron chi connectivity index (χ3n) is 4.53. The highest BCUT2D eigenvalue weighted by Crippen LogP contribution is 2.30. The highest BCUT2D eigenvalue weighted by molar-refractivity contribution is 9.10. The van der Waals surface area contributed by atoms with E-state index in [1.165, 1.54) is 12.8 Å². The average molecular weight is 348 g/mol. The van der Waals surface area contributed by atoms with Crippen LogP contribution in [0.4, 0.5) is 5.95 Å². The number of H-pyrrole nitrogens is 1. The predicted octanol–water partition coefficient (Wildman–Crippen LogP) is 2.42. The molecule has 110 valence electrons. The van der Waals surface area contributed by atoms with Gasteiger partial charge in [-0.15, -0.1) is 5.10 Å². The number of anilines is 1. The van der Waals surface area contributed by atoms with Crippen LogP contribution in [0.3, 0.4) is 0 Å². The van der Waals surface area contributed by atoms with Crippen LogP contribution in [0, 0.1) is 5.92 Å². The van der Waals surface area contributed by atoms with Gasteiger partial charge in [-0.25, -0.2) is 0 Å². The third kappa shape index (κ3) is 2.46. The van der Waals surface area contributed by atoms with Gasteiger partial charge in [0, 0.05) is 35.7 Å². The molecule has 6 heteroatoms. The van der Waals surface area contributed by atoms with Crippen molar-refractivity contribution < 1.29 is 0 Å². The molecule has 2 saturated heterocycles. The second kappa shape index (κ2) is 5.42. The number of fused-ring (bicyclic) bond motifs is 1. The molecule has 2 fully saturated rings. The first-order valence-electron chi connectivity index (χ1n) is 7.47. The highest BCUT2D eigenvalue weighted by atomic mass is 79.9. The van der Waals surface area contributed by atoms with Crippen molar-refractivity contribution >= 4 is 21.9 Å². The van der Waals surface area contributed by atoms with E-state index in [9.17, 15) is 0 Å². The normalized spacial score (nSPS) is 25.1. The van der Waals surface area contributed by atoms with E-state index in [2.05, 4.69) is 36.3 Å². The Morgan fingerprint density at radius 1 is 1.19 bits per heavy atom. The first kappa shape index (κ1) is 13.3. The minimum Gasteiger partial charge on any atom is -0.335 e. The molecule has 0 amide bonds. The number of hydrogen-bond acceptors (Lipinski definition) is 4. The third-order valence-corrected chi connectivity index (χ3v) is 5.06. The summed E-state index contributed by atoms with van der Waals surface area (Å²) in [7, 11) is 0. The van der Waals surface area contributed by atoms with Crippen LogP contribution in [-0.4, -0.2) is 40.9 Å². The van der Waals surface area contributed by atoms with Crippen LogP contribution in [-0.2, 0) is 0 Å². The maximum absolute atomic E-state index is 4.71. The molecule has 5 nitrogen and oxygen atoms in total. The van der Waals surface area contributed by atoms with Crippen LogP contribution < -0.4 is 10.2 Å². The number of piperidine rings is 1. The summed E-state index contributed by atoms with van der Waals surface area (Å²) >= 11 is 3.46. The van der Waals surface area contributed by atoms with Crippen molar-refractivity contribution in [1.82, 2.24) is 20.5 Å². The van der Waals surface area contributed by atoms with Crippen LogP contribution in [0.25, 0.3) is 11.4 Å². The van der Waals surface area contributed by atoms with E-state index in [-0.39, 0.29) is 0 Å². The summed E-state index contributed by atoms with van der Waals surface area (Å²) in [5, 5.41) is 11.0. The van der Waals surface area contributed by atoms with Gasteiger partial charge in [-0.2, -0.15) is 4.98 Å². The molecule has 3 heterocycles. The predicted molar refractivity (Wildman–Crippen MR) is 86.2 cm³/mol. The van der Waals surface area contributed by atoms with Gasteiger partial charge in [-0.05, 0) is 30.9 Å². The maximum Gasteiger partial charge on any atom is 0.245 e. The minimum atomic E-state index is 0.548. The maximum atomic E-state index is 4.71. The lowest BCUT2D eigenvalue weighted by Crippen LogP contribution is -2.45. The topological polar surface area (TPSA) is 56.8 Å². The molecule has 0 radical (unpaired) electrons. The van der Waals surface area contributed by atoms with E-state index in [1.807, 2.05) is 24.3 Å². The number of aromatic nitrogens is 3. The van der Waals surface area contributed by atoms with Gasteiger partial charge in [-0.1, -0.05) is 28.1 Å². The van der Waals surface area contributed by atoms with Crippen LogP contribution >= 0.6 is 15.9 Å². The van der Waals surface area contributed by atoms with Crippen LogP contribution in [0.15, 0.2) is 28.7 Å². The van der Waals surface area contributed by atoms with Crippen molar-refractivity contribution in [2.75, 3.05) is 24.5 Å². The largest absolute Gasteiger partial charge is 0.335 e. The molecule has 0 spiro atoms. The van der Waals surface area contributed by atoms with Crippen molar-refractivity contribution in [2.24, 2.45) is 5.92 Å². The fraction of sp³-hybridized carbons (Fsp3) is 0.467. The number of benzene rings is 1. The zero-order valence-electron chi connectivity index (χ0n) is 11.7. The molecule has 2 atom stereocenters. The highest BCUT2D eigenvalue weighted by Gasteiger charge is 2.36. The Labute approximate surface area is 132 Å². The van der Waals surface area contributed by atoms with E-state index in [0.29, 0.717) is 6.04 Å². The number of aromatic amines is 1. The molecule has 1 aromatic heterocycles. The zero-order chi connectivity index (χ0) is 14.2. The van der Waals surface area contributed by atoms with Gasteiger partial charge in [0.1, 0.15) is 0 Å². The Morgan fingerprint density at radius 2 is 2.05 bits per heavy atom. The first-order chi connectivity index (χ1) is 10.3. The lowest BCUT2D eigenvalue weighted by atomic mass is 9.92. The zero-order valence-corrected chi connectivity index (χ0v) is 13.3. The van der Waals surface area contributed by atoms with E-state index >= 15 is 0 Å². The molecule has 21 heavy (non-hydrogen) atoms. The van der Waals surface area contributed by atoms with Gasteiger partial charge in [-0.3, -0.25) is 5.10 Å². The second-order valence-electron chi connectivity index (χ2n) is 5.81. The number of rotatable bonds is 2. The molecule has 1 aromatic carbocycles. The lowest BCUT2D eigenvalue weighted by molar-refractivity contribution is 0.381. The molecule has 0 aliphatic carbocycles. The fourth-order valence-corrected chi connectivity index (χ4v) is 3.70. The fourth-order valence-electron chi connectivity index (χ4n) is 3.43. The lowest BCUT2D eigenvalue weighted by Gasteiger charge is -2.36. The molecule has 2 N–H and O–H groups in total. The van der Waals surface area contributed by atoms with Gasteiger partial charge >= 0.3 is 0 Å². The van der Waals surface area contributed by atoms with Crippen LogP contribution in [0.2, 0.25) is 0 Å². The minimum absolute atomic E-state index is 0.548. The molecule has 2 aromatic rings. The smallest absolute Gasteiger partial charge is 0.245 e. The van der Waals surface area contributed by atoms with E-state index in [0.717, 1.165) is 47.4 Å². The second-order valence-corrected chi connectivity index (χ2v) is 6.73. The van der Waals surface area contributed by atoms with E-state index in [1.54, 1.807) is 0 Å². The van der Waals surface area contributed by atoms with Gasteiger partial charge in [0.05, 0.1) is 0 Å². The van der Waals surface area contributed by atoms with Gasteiger partial charge < -0.3 is 10.2 Å². The van der Waals surface area contributed by atoms with Crippen molar-refractivity contribution in [1.29, 1.82) is 0 Å². The molecule has 0 saturated carbocycles. The summed E-state index contributed by atoms with van der Waals surface area (Å²) in [6, 6.07) is 8.69. The molecule has 2 aliphatic rings. The Bertz CT molecular complexity index is 623. The summed E-state index contributed by atoms with van der Waals surface area (Å²) in [5.74, 6) is 2.42. The molecular formula is C15H18BrN5. The van der Waals surface area contributed by atoms with E-state index < -0.39 is 0 Å². The SMILES string of the molecule is Brc1ccc(-c2nc(N3CCCC4CNCC43)n[nH]2)cc1. The molecule has 2 aliphatic heterocycles. The van der Waals surface area contributed by atoms with Crippen molar-refractivity contribution in [2.45, 2.75) is 18.9 Å². The molecular weight excluding hydrogens is 330 g/mol. The Hall–Kier alpha value is -1.40. The van der Waals surface area contributed by atoms with Gasteiger partial charge in [0.25, 0.3) is 0 Å². The van der Waals surface area contributed by atoms with Crippen molar-refractivity contribution in [3.05, 3.63) is 28.7 Å². The molecule has 2 unspecified atom stereocenters. The quantitative estimate of drug-likeness (QED) is 0.875. The van der Waals surface area contributed by atoms with Gasteiger partial charge in [0.2, 0.25) is 5.95 Å². The number of halogens is 1. The Balaban J connectivity index is 1.60. The summed E-state index contributed by atoms with van der Waals surface area (Å²) in [6.07, 6.45) is 2.54. The standard InChI is InChI=1S/C15H18BrN5/c16-12-5-3-10(4-6-12)14-18-15(20-19-14)21-7-1-2-11-8-17-9-13(11)21/h3-6,11,13,17H,1-2,7-9H2,(H,18,19,20). The monoisotopic (exact) mass is 347 g/mol. The van der Waals surface area contributed by atoms with Crippen molar-refractivity contribution in [3.8, 4) is 11.4 Å². The number of nitrogens with one attached hydrogen (secondary N) is 2. The summed E-state index contributed by atoms with van der Waals surface area (Å²) in [4.78, 5) is 7.08. The summed E-state index contributed by atoms with van der Waals surface area (Å²) < 4.78 is 1.07. The Kier molecular flexibility index (Phi) is 3.43.